The minimum Gasteiger partial charge on any atom is -0.458 e. The summed E-state index contributed by atoms with van der Waals surface area (Å²) in [6, 6.07) is 77.6. The maximum Gasteiger partial charge on any atom is 0.268 e. The van der Waals surface area contributed by atoms with E-state index in [1.807, 2.05) is 6.20 Å². The number of nitrogens with zero attached hydrogens (tertiary/aromatic N) is 6. The van der Waals surface area contributed by atoms with Gasteiger partial charge in [0.2, 0.25) is 0 Å². The molecule has 0 saturated heterocycles. The molecule has 7 nitrogen and oxygen atoms in total. The zero-order valence-electron chi connectivity index (χ0n) is 48.1. The van der Waals surface area contributed by atoms with Gasteiger partial charge in [-0.3, -0.25) is 13.7 Å². The van der Waals surface area contributed by atoms with Gasteiger partial charge in [0, 0.05) is 69.6 Å². The molecule has 9 aromatic carbocycles. The summed E-state index contributed by atoms with van der Waals surface area (Å²) >= 11 is 0. The van der Waals surface area contributed by atoms with Crippen molar-refractivity contribution in [2.75, 3.05) is 9.80 Å². The lowest BCUT2D eigenvalue weighted by Gasteiger charge is -2.44. The second-order valence-corrected chi connectivity index (χ2v) is 25.2. The topological polar surface area (TPSA) is 42.3 Å². The molecule has 3 aromatic heterocycles. The van der Waals surface area contributed by atoms with E-state index in [4.69, 9.17) is 9.72 Å². The monoisotopic (exact) mass is 1060 g/mol. The number of rotatable bonds is 8. The molecule has 2 aliphatic rings. The number of benzene rings is 9. The Morgan fingerprint density at radius 1 is 0.451 bits per heavy atom. The SMILES string of the molecule is CC(C)(C)c1cc(Oc2ccc3c4cc(-c5cc6c7c(c5)N(c5ccccc5)c5ccccc5B7c5ccccc5N6c5ccccc5)ccc4n(-c4cc(C(C)(C)C)ccn4)c3c2)cc(-n2[c-][n+](-c3cccc(C(C)(C)C)c3)cc2)c1. The van der Waals surface area contributed by atoms with Gasteiger partial charge in [-0.2, -0.15) is 0 Å². The highest BCUT2D eigenvalue weighted by molar-refractivity contribution is 7.00. The number of aromatic nitrogens is 4. The van der Waals surface area contributed by atoms with Gasteiger partial charge in [0.25, 0.3) is 13.0 Å². The molecule has 0 spiro atoms. The Morgan fingerprint density at radius 2 is 1.07 bits per heavy atom. The van der Waals surface area contributed by atoms with Crippen molar-refractivity contribution in [3.63, 3.8) is 0 Å². The predicted octanol–water partition coefficient (Wildman–Crippen LogP) is 16.5. The average Bonchev–Trinajstić information content (AvgIpc) is 1.06. The third-order valence-electron chi connectivity index (χ3n) is 16.7. The summed E-state index contributed by atoms with van der Waals surface area (Å²) in [6.45, 7) is 20.3. The van der Waals surface area contributed by atoms with Gasteiger partial charge in [0.15, 0.2) is 0 Å². The van der Waals surface area contributed by atoms with Crippen LogP contribution < -0.4 is 35.5 Å². The molecule has 2 aliphatic heterocycles. The maximum absolute atomic E-state index is 7.05. The van der Waals surface area contributed by atoms with Gasteiger partial charge in [-0.05, 0) is 176 Å². The molecule has 82 heavy (non-hydrogen) atoms. The highest BCUT2D eigenvalue weighted by atomic mass is 16.5. The summed E-state index contributed by atoms with van der Waals surface area (Å²) < 4.78 is 13.5. The van der Waals surface area contributed by atoms with E-state index in [-0.39, 0.29) is 23.0 Å². The molecule has 0 fully saturated rings. The zero-order valence-corrected chi connectivity index (χ0v) is 48.1. The Morgan fingerprint density at radius 3 is 1.72 bits per heavy atom. The predicted molar refractivity (Wildman–Crippen MR) is 340 cm³/mol. The molecule has 0 radical (unpaired) electrons. The minimum atomic E-state index is -0.151. The molecular formula is C74H65BN6O. The Balaban J connectivity index is 0.935. The summed E-state index contributed by atoms with van der Waals surface area (Å²) in [7, 11) is 0. The second kappa shape index (κ2) is 19.1. The Bertz CT molecular complexity index is 4350. The van der Waals surface area contributed by atoms with Crippen LogP contribution in [0.15, 0.2) is 231 Å². The van der Waals surface area contributed by atoms with E-state index >= 15 is 0 Å². The number of hydrogen-bond donors (Lipinski definition) is 0. The lowest BCUT2D eigenvalue weighted by molar-refractivity contribution is -0.599. The summed E-state index contributed by atoms with van der Waals surface area (Å²) in [5, 5.41) is 2.24. The van der Waals surface area contributed by atoms with E-state index in [2.05, 4.69) is 317 Å². The number of hydrogen-bond acceptors (Lipinski definition) is 4. The highest BCUT2D eigenvalue weighted by Crippen LogP contribution is 2.47. The van der Waals surface area contributed by atoms with E-state index in [0.717, 1.165) is 78.6 Å². The summed E-state index contributed by atoms with van der Waals surface area (Å²) in [4.78, 5) is 10.1. The second-order valence-electron chi connectivity index (χ2n) is 25.2. The van der Waals surface area contributed by atoms with Crippen molar-refractivity contribution in [2.24, 2.45) is 0 Å². The van der Waals surface area contributed by atoms with Crippen molar-refractivity contribution < 1.29 is 9.30 Å². The van der Waals surface area contributed by atoms with Gasteiger partial charge >= 0.3 is 0 Å². The Kier molecular flexibility index (Phi) is 11.9. The fraction of sp³-hybridized carbons (Fsp3) is 0.162. The van der Waals surface area contributed by atoms with Crippen molar-refractivity contribution in [1.82, 2.24) is 14.1 Å². The Labute approximate surface area is 482 Å². The first-order chi connectivity index (χ1) is 39.5. The molecule has 14 rings (SSSR count). The third-order valence-corrected chi connectivity index (χ3v) is 16.7. The van der Waals surface area contributed by atoms with E-state index in [1.54, 1.807) is 0 Å². The fourth-order valence-corrected chi connectivity index (χ4v) is 12.3. The van der Waals surface area contributed by atoms with Crippen molar-refractivity contribution in [1.29, 1.82) is 0 Å². The number of pyridine rings is 1. The first kappa shape index (κ1) is 50.8. The van der Waals surface area contributed by atoms with E-state index < -0.39 is 0 Å². The quantitative estimate of drug-likeness (QED) is 0.0864. The maximum atomic E-state index is 7.05. The molecule has 0 aliphatic carbocycles. The van der Waals surface area contributed by atoms with Crippen LogP contribution in [0.1, 0.15) is 79.0 Å². The van der Waals surface area contributed by atoms with E-state index in [1.165, 1.54) is 50.3 Å². The molecule has 8 heteroatoms. The normalized spacial score (nSPS) is 13.1. The minimum absolute atomic E-state index is 0.0299. The van der Waals surface area contributed by atoms with Gasteiger partial charge in [-0.25, -0.2) is 4.98 Å². The van der Waals surface area contributed by atoms with Crippen LogP contribution in [-0.4, -0.2) is 20.8 Å². The number of fused-ring (bicyclic) bond motifs is 7. The standard InChI is InChI=1S/C74H65BN6O/c1-72(2,3)51-21-20-26-56(42-51)77-37-38-78(48-77)57-43-53(74(7,8)9)44-59(46-57)82-58-32-33-60-61-39-49(31-34-64(61)81(67(60)47-58)70-45-52(35-36-76-70)73(4,5)6)50-40-68-71-69(41-50)80(55-24-14-11-15-25-55)66-30-19-17-28-63(66)75(71)62-27-16-18-29-65(62)79(68)54-22-12-10-13-23-54/h10-47H,1-9H3. The third kappa shape index (κ3) is 8.76. The summed E-state index contributed by atoms with van der Waals surface area (Å²) in [5.41, 5.74) is 20.6. The number of imidazole rings is 1. The lowest BCUT2D eigenvalue weighted by Crippen LogP contribution is -2.61. The van der Waals surface area contributed by atoms with Crippen LogP contribution in [0.25, 0.3) is 50.1 Å². The van der Waals surface area contributed by atoms with Gasteiger partial charge in [-0.15, -0.1) is 0 Å². The number of para-hydroxylation sites is 4. The van der Waals surface area contributed by atoms with Gasteiger partial charge < -0.3 is 14.5 Å². The van der Waals surface area contributed by atoms with Crippen molar-refractivity contribution >= 4 is 79.0 Å². The molecule has 0 amide bonds. The molecule has 0 atom stereocenters. The largest absolute Gasteiger partial charge is 0.458 e. The van der Waals surface area contributed by atoms with Crippen LogP contribution in [0, 0.1) is 6.33 Å². The van der Waals surface area contributed by atoms with E-state index in [9.17, 15) is 0 Å². The van der Waals surface area contributed by atoms with Crippen LogP contribution in [0.3, 0.4) is 0 Å². The Hall–Kier alpha value is -9.40. The van der Waals surface area contributed by atoms with Gasteiger partial charge in [0.1, 0.15) is 17.3 Å². The lowest BCUT2D eigenvalue weighted by atomic mass is 9.33. The van der Waals surface area contributed by atoms with Crippen LogP contribution in [0.4, 0.5) is 34.1 Å². The molecule has 0 unspecified atom stereocenters. The zero-order chi connectivity index (χ0) is 56.2. The summed E-state index contributed by atoms with van der Waals surface area (Å²) in [5.74, 6) is 2.34. The van der Waals surface area contributed by atoms with Crippen LogP contribution in [0.2, 0.25) is 0 Å². The fourth-order valence-electron chi connectivity index (χ4n) is 12.3. The van der Waals surface area contributed by atoms with Crippen LogP contribution >= 0.6 is 0 Å². The van der Waals surface area contributed by atoms with Gasteiger partial charge in [-0.1, -0.05) is 153 Å². The number of anilines is 6. The molecule has 5 heterocycles. The molecule has 0 N–H and O–H groups in total. The number of ether oxygens (including phenoxy) is 1. The van der Waals surface area contributed by atoms with Crippen molar-refractivity contribution in [2.45, 2.75) is 78.6 Å². The molecular weight excluding hydrogens is 1000 g/mol. The molecule has 0 saturated carbocycles. The van der Waals surface area contributed by atoms with Crippen molar-refractivity contribution in [3.05, 3.63) is 254 Å². The first-order valence-corrected chi connectivity index (χ1v) is 28.6. The molecule has 400 valence electrons. The molecule has 0 bridgehead atoms. The molecule has 12 aromatic rings. The first-order valence-electron chi connectivity index (χ1n) is 28.6. The van der Waals surface area contributed by atoms with Crippen LogP contribution in [-0.2, 0) is 16.2 Å². The van der Waals surface area contributed by atoms with E-state index in [0.29, 0.717) is 0 Å². The summed E-state index contributed by atoms with van der Waals surface area (Å²) in [6.07, 6.45) is 9.70. The smallest absolute Gasteiger partial charge is 0.268 e. The van der Waals surface area contributed by atoms with Gasteiger partial charge in [0.05, 0.1) is 22.4 Å². The highest BCUT2D eigenvalue weighted by Gasteiger charge is 2.43. The van der Waals surface area contributed by atoms with Crippen LogP contribution in [0.5, 0.6) is 11.5 Å². The van der Waals surface area contributed by atoms with Crippen molar-refractivity contribution in [3.8, 4) is 39.8 Å². The average molecular weight is 1070 g/mol.